The molecule has 5 heterocycles. The van der Waals surface area contributed by atoms with Crippen LogP contribution in [-0.2, 0) is 0 Å². The summed E-state index contributed by atoms with van der Waals surface area (Å²) in [7, 11) is 0. The molecule has 7 heteroatoms. The standard InChI is InChI=1S/C78H44N6O/c79-45-61-74(81-63-35-12-5-26-52(63)53-27-6-13-36-64(53)81)62(46-80)77(83-67-39-16-9-30-56(67)57-31-10-17-40-68(57)83)78(76(61)82-65-37-14-7-28-54(65)55-29-8-15-38-66(55)82)84-69-41-20-34-58(51-25-4-3-24-50(51)49-33-19-22-47-21-1-2-23-48(47)49)72(69)60-43-44-71-73(75(60)84)59-32-11-18-42-70(59)85-71/h1-44H. The summed E-state index contributed by atoms with van der Waals surface area (Å²) in [5.74, 6) is 0. The highest BCUT2D eigenvalue weighted by Gasteiger charge is 2.36. The Balaban J connectivity index is 1.14. The third-order valence-corrected chi connectivity index (χ3v) is 17.8. The first-order valence-electron chi connectivity index (χ1n) is 28.6. The summed E-state index contributed by atoms with van der Waals surface area (Å²) in [5, 5.41) is 37.9. The van der Waals surface area contributed by atoms with Crippen molar-refractivity contribution in [2.45, 2.75) is 0 Å². The van der Waals surface area contributed by atoms with E-state index in [0.717, 1.165) is 131 Å². The number of furan rings is 1. The van der Waals surface area contributed by atoms with Gasteiger partial charge in [0.05, 0.1) is 72.3 Å². The number of benzene rings is 13. The highest BCUT2D eigenvalue weighted by molar-refractivity contribution is 6.28. The van der Waals surface area contributed by atoms with Crippen molar-refractivity contribution in [3.05, 3.63) is 278 Å². The van der Waals surface area contributed by atoms with Crippen molar-refractivity contribution in [3.63, 3.8) is 0 Å². The van der Waals surface area contributed by atoms with Gasteiger partial charge in [-0.2, -0.15) is 10.5 Å². The molecular weight excluding hydrogens is 1040 g/mol. The number of nitriles is 2. The largest absolute Gasteiger partial charge is 0.456 e. The molecule has 0 saturated carbocycles. The first kappa shape index (κ1) is 46.8. The van der Waals surface area contributed by atoms with Crippen molar-refractivity contribution < 1.29 is 4.42 Å². The summed E-state index contributed by atoms with van der Waals surface area (Å²) in [5.41, 5.74) is 16.1. The molecule has 0 radical (unpaired) electrons. The zero-order chi connectivity index (χ0) is 56.0. The van der Waals surface area contributed by atoms with Gasteiger partial charge in [0.2, 0.25) is 0 Å². The minimum Gasteiger partial charge on any atom is -0.456 e. The monoisotopic (exact) mass is 1080 g/mol. The van der Waals surface area contributed by atoms with Crippen LogP contribution in [0.2, 0.25) is 0 Å². The maximum atomic E-state index is 12.8. The second-order valence-electron chi connectivity index (χ2n) is 22.0. The molecule has 0 bridgehead atoms. The van der Waals surface area contributed by atoms with Gasteiger partial charge in [0.1, 0.15) is 34.4 Å². The van der Waals surface area contributed by atoms with Gasteiger partial charge in [0.15, 0.2) is 0 Å². The number of hydrogen-bond donors (Lipinski definition) is 0. The van der Waals surface area contributed by atoms with Crippen LogP contribution in [0.25, 0.3) is 165 Å². The van der Waals surface area contributed by atoms with Gasteiger partial charge in [-0.05, 0) is 93.7 Å². The average molecular weight is 1080 g/mol. The van der Waals surface area contributed by atoms with Gasteiger partial charge in [-0.15, -0.1) is 0 Å². The lowest BCUT2D eigenvalue weighted by molar-refractivity contribution is 0.669. The molecule has 392 valence electrons. The quantitative estimate of drug-likeness (QED) is 0.166. The van der Waals surface area contributed by atoms with Gasteiger partial charge in [-0.25, -0.2) is 0 Å². The van der Waals surface area contributed by atoms with E-state index in [0.29, 0.717) is 33.9 Å². The third kappa shape index (κ3) is 6.36. The third-order valence-electron chi connectivity index (χ3n) is 17.8. The van der Waals surface area contributed by atoms with Crippen molar-refractivity contribution in [2.75, 3.05) is 0 Å². The smallest absolute Gasteiger partial charge is 0.137 e. The molecule has 7 nitrogen and oxygen atoms in total. The summed E-state index contributed by atoms with van der Waals surface area (Å²) in [6, 6.07) is 99.7. The van der Waals surface area contributed by atoms with Crippen LogP contribution in [0.15, 0.2) is 271 Å². The molecule has 0 fully saturated rings. The Bertz CT molecular complexity index is 5710. The maximum Gasteiger partial charge on any atom is 0.137 e. The highest BCUT2D eigenvalue weighted by Crippen LogP contribution is 2.52. The van der Waals surface area contributed by atoms with Gasteiger partial charge in [-0.1, -0.05) is 206 Å². The molecule has 0 aliphatic carbocycles. The molecule has 0 saturated heterocycles. The van der Waals surface area contributed by atoms with E-state index >= 15 is 0 Å². The van der Waals surface area contributed by atoms with Crippen molar-refractivity contribution in [3.8, 4) is 57.1 Å². The summed E-state index contributed by atoms with van der Waals surface area (Å²) < 4.78 is 16.1. The van der Waals surface area contributed by atoms with E-state index in [9.17, 15) is 10.5 Å². The molecule has 13 aromatic carbocycles. The lowest BCUT2D eigenvalue weighted by Gasteiger charge is -2.27. The van der Waals surface area contributed by atoms with Gasteiger partial charge >= 0.3 is 0 Å². The number of hydrogen-bond acceptors (Lipinski definition) is 3. The number of fused-ring (bicyclic) bond motifs is 17. The van der Waals surface area contributed by atoms with Crippen LogP contribution in [0.1, 0.15) is 11.1 Å². The molecule has 18 aromatic rings. The summed E-state index contributed by atoms with van der Waals surface area (Å²) in [6.07, 6.45) is 0. The summed E-state index contributed by atoms with van der Waals surface area (Å²) >= 11 is 0. The predicted molar refractivity (Wildman–Crippen MR) is 349 cm³/mol. The number of aromatic nitrogens is 4. The Morgan fingerprint density at radius 2 is 0.624 bits per heavy atom. The van der Waals surface area contributed by atoms with Crippen LogP contribution in [0.4, 0.5) is 0 Å². The van der Waals surface area contributed by atoms with E-state index in [1.807, 2.05) is 24.3 Å². The number of nitrogens with zero attached hydrogens (tertiary/aromatic N) is 6. The van der Waals surface area contributed by atoms with E-state index < -0.39 is 0 Å². The van der Waals surface area contributed by atoms with Crippen LogP contribution in [0, 0.1) is 22.7 Å². The van der Waals surface area contributed by atoms with Crippen LogP contribution >= 0.6 is 0 Å². The zero-order valence-electron chi connectivity index (χ0n) is 45.5. The van der Waals surface area contributed by atoms with Crippen molar-refractivity contribution >= 4 is 120 Å². The molecule has 85 heavy (non-hydrogen) atoms. The Labute approximate surface area is 485 Å². The SMILES string of the molecule is N#Cc1c(-n2c3ccccc3c3ccccc32)c(C#N)c(-n2c3ccccc3c3ccccc32)c(-n2c3cccc(-c4ccccc4-c4cccc5ccccc45)c3c3ccc4oc5ccccc5c4c32)c1-n1c2ccccc2c2ccccc21. The lowest BCUT2D eigenvalue weighted by atomic mass is 9.89. The zero-order valence-corrected chi connectivity index (χ0v) is 45.5. The topological polar surface area (TPSA) is 80.4 Å². The normalized spacial score (nSPS) is 12.0. The average Bonchev–Trinajstić information content (AvgIpc) is 2.02. The van der Waals surface area contributed by atoms with Gasteiger partial charge in [-0.3, -0.25) is 0 Å². The molecule has 0 aliphatic rings. The molecule has 0 N–H and O–H groups in total. The Morgan fingerprint density at radius 3 is 1.14 bits per heavy atom. The summed E-state index contributed by atoms with van der Waals surface area (Å²) in [4.78, 5) is 0. The first-order chi connectivity index (χ1) is 42.2. The molecular formula is C78H44N6O. The Hall–Kier alpha value is -11.9. The first-order valence-corrected chi connectivity index (χ1v) is 28.6. The highest BCUT2D eigenvalue weighted by atomic mass is 16.3. The van der Waals surface area contributed by atoms with E-state index in [4.69, 9.17) is 4.42 Å². The van der Waals surface area contributed by atoms with Gasteiger partial charge in [0.25, 0.3) is 0 Å². The molecule has 0 spiro atoms. The number of rotatable bonds is 6. The fourth-order valence-corrected chi connectivity index (χ4v) is 14.5. The molecule has 18 rings (SSSR count). The van der Waals surface area contributed by atoms with E-state index in [1.54, 1.807) is 0 Å². The van der Waals surface area contributed by atoms with E-state index in [1.165, 1.54) is 10.8 Å². The summed E-state index contributed by atoms with van der Waals surface area (Å²) in [6.45, 7) is 0. The second-order valence-corrected chi connectivity index (χ2v) is 22.0. The predicted octanol–water partition coefficient (Wildman–Crippen LogP) is 20.2. The van der Waals surface area contributed by atoms with Crippen LogP contribution in [0.3, 0.4) is 0 Å². The Kier molecular flexibility index (Phi) is 9.80. The van der Waals surface area contributed by atoms with Crippen LogP contribution in [-0.4, -0.2) is 18.3 Å². The fraction of sp³-hybridized carbons (Fsp3) is 0. The molecule has 0 atom stereocenters. The van der Waals surface area contributed by atoms with Crippen molar-refractivity contribution in [1.29, 1.82) is 10.5 Å². The van der Waals surface area contributed by atoms with Gasteiger partial charge < -0.3 is 22.7 Å². The fourth-order valence-electron chi connectivity index (χ4n) is 14.5. The van der Waals surface area contributed by atoms with Crippen molar-refractivity contribution in [2.24, 2.45) is 0 Å². The number of para-hydroxylation sites is 7. The Morgan fingerprint density at radius 1 is 0.247 bits per heavy atom. The molecule has 0 amide bonds. The van der Waals surface area contributed by atoms with E-state index in [-0.39, 0.29) is 0 Å². The maximum absolute atomic E-state index is 12.8. The molecule has 0 unspecified atom stereocenters. The molecule has 0 aliphatic heterocycles. The van der Waals surface area contributed by atoms with Gasteiger partial charge in [0, 0.05) is 48.5 Å². The minimum absolute atomic E-state index is 0.339. The molecule has 5 aromatic heterocycles. The van der Waals surface area contributed by atoms with Crippen LogP contribution in [0.5, 0.6) is 0 Å². The van der Waals surface area contributed by atoms with E-state index in [2.05, 4.69) is 273 Å². The van der Waals surface area contributed by atoms with Crippen molar-refractivity contribution in [1.82, 2.24) is 18.3 Å². The minimum atomic E-state index is 0.339. The van der Waals surface area contributed by atoms with Crippen LogP contribution < -0.4 is 0 Å². The lowest BCUT2D eigenvalue weighted by Crippen LogP contribution is -2.17. The second kappa shape index (κ2) is 17.8.